The first kappa shape index (κ1) is 10.0. The normalized spacial score (nSPS) is 9.46. The molecule has 1 amide bonds. The van der Waals surface area contributed by atoms with Crippen LogP contribution in [-0.2, 0) is 4.74 Å². The number of amides is 1. The Labute approximate surface area is 84.0 Å². The van der Waals surface area contributed by atoms with Crippen molar-refractivity contribution in [3.8, 4) is 0 Å². The second kappa shape index (κ2) is 4.25. The third kappa shape index (κ3) is 2.43. The largest absolute Gasteiger partial charge is 0.453 e. The number of halogens is 2. The molecule has 1 rings (SSSR count). The zero-order valence-corrected chi connectivity index (χ0v) is 8.06. The van der Waals surface area contributed by atoms with Crippen LogP contribution in [0.25, 0.3) is 0 Å². The average molecular weight is 222 g/mol. The van der Waals surface area contributed by atoms with Gasteiger partial charge in [0.1, 0.15) is 12.0 Å². The molecule has 0 aliphatic heterocycles. The second-order valence-electron chi connectivity index (χ2n) is 1.95. The number of rotatable bonds is 1. The van der Waals surface area contributed by atoms with E-state index in [0.717, 1.165) is 0 Å². The maximum Gasteiger partial charge on any atom is 0.411 e. The highest BCUT2D eigenvalue weighted by Crippen LogP contribution is 2.25. The molecule has 5 nitrogen and oxygen atoms in total. The van der Waals surface area contributed by atoms with Crippen molar-refractivity contribution in [1.82, 2.24) is 9.97 Å². The van der Waals surface area contributed by atoms with E-state index in [2.05, 4.69) is 20.0 Å². The maximum atomic E-state index is 10.8. The van der Waals surface area contributed by atoms with Gasteiger partial charge in [-0.1, -0.05) is 23.2 Å². The molecule has 13 heavy (non-hydrogen) atoms. The number of methoxy groups -OCH3 is 1. The Bertz CT molecular complexity index is 311. The SMILES string of the molecule is COC(=O)Nc1c(Cl)ncnc1Cl. The van der Waals surface area contributed by atoms with Crippen LogP contribution < -0.4 is 5.32 Å². The Morgan fingerprint density at radius 1 is 1.46 bits per heavy atom. The molecule has 1 heterocycles. The fourth-order valence-electron chi connectivity index (χ4n) is 0.601. The van der Waals surface area contributed by atoms with Crippen molar-refractivity contribution in [3.05, 3.63) is 16.6 Å². The first-order valence-electron chi connectivity index (χ1n) is 3.16. The van der Waals surface area contributed by atoms with Crippen LogP contribution in [-0.4, -0.2) is 23.2 Å². The van der Waals surface area contributed by atoms with Crippen LogP contribution in [0.15, 0.2) is 6.33 Å². The predicted molar refractivity (Wildman–Crippen MR) is 48.1 cm³/mol. The van der Waals surface area contributed by atoms with Crippen molar-refractivity contribution in [2.75, 3.05) is 12.4 Å². The van der Waals surface area contributed by atoms with Gasteiger partial charge in [-0.15, -0.1) is 0 Å². The predicted octanol–water partition coefficient (Wildman–Crippen LogP) is 1.96. The summed E-state index contributed by atoms with van der Waals surface area (Å²) < 4.78 is 4.34. The van der Waals surface area contributed by atoms with Crippen molar-refractivity contribution in [2.24, 2.45) is 0 Å². The number of carbonyl (C=O) groups is 1. The van der Waals surface area contributed by atoms with Gasteiger partial charge < -0.3 is 4.74 Å². The lowest BCUT2D eigenvalue weighted by Crippen LogP contribution is -2.12. The number of carbonyl (C=O) groups excluding carboxylic acids is 1. The summed E-state index contributed by atoms with van der Waals surface area (Å²) in [6, 6.07) is 0. The Kier molecular flexibility index (Phi) is 3.27. The molecule has 0 fully saturated rings. The van der Waals surface area contributed by atoms with E-state index >= 15 is 0 Å². The lowest BCUT2D eigenvalue weighted by atomic mass is 10.5. The van der Waals surface area contributed by atoms with E-state index in [1.165, 1.54) is 13.4 Å². The average Bonchev–Trinajstić information content (AvgIpc) is 2.11. The van der Waals surface area contributed by atoms with Crippen LogP contribution in [0.1, 0.15) is 0 Å². The monoisotopic (exact) mass is 221 g/mol. The van der Waals surface area contributed by atoms with Crippen molar-refractivity contribution >= 4 is 35.0 Å². The summed E-state index contributed by atoms with van der Waals surface area (Å²) in [5.41, 5.74) is 0.137. The first-order chi connectivity index (χ1) is 6.15. The molecule has 0 aliphatic carbocycles. The Balaban J connectivity index is 2.93. The van der Waals surface area contributed by atoms with Crippen LogP contribution in [0.2, 0.25) is 10.3 Å². The van der Waals surface area contributed by atoms with Crippen molar-refractivity contribution < 1.29 is 9.53 Å². The first-order valence-corrected chi connectivity index (χ1v) is 3.91. The van der Waals surface area contributed by atoms with Gasteiger partial charge in [-0.05, 0) is 0 Å². The third-order valence-corrected chi connectivity index (χ3v) is 1.74. The second-order valence-corrected chi connectivity index (χ2v) is 2.66. The van der Waals surface area contributed by atoms with Crippen molar-refractivity contribution in [3.63, 3.8) is 0 Å². The molecule has 0 unspecified atom stereocenters. The molecule has 1 aromatic rings. The molecule has 0 aromatic carbocycles. The van der Waals surface area contributed by atoms with Crippen LogP contribution >= 0.6 is 23.2 Å². The number of nitrogens with zero attached hydrogens (tertiary/aromatic N) is 2. The standard InChI is InChI=1S/C6H5Cl2N3O2/c1-13-6(12)11-3-4(7)9-2-10-5(3)8/h2H,1H3,(H,11,12). The fraction of sp³-hybridized carbons (Fsp3) is 0.167. The minimum atomic E-state index is -0.682. The number of ether oxygens (including phenoxy) is 1. The summed E-state index contributed by atoms with van der Waals surface area (Å²) in [6.45, 7) is 0. The number of hydrogen-bond acceptors (Lipinski definition) is 4. The molecular weight excluding hydrogens is 217 g/mol. The number of nitrogens with one attached hydrogen (secondary N) is 1. The molecule has 0 aliphatic rings. The topological polar surface area (TPSA) is 64.1 Å². The van der Waals surface area contributed by atoms with Gasteiger partial charge in [0.2, 0.25) is 0 Å². The zero-order valence-electron chi connectivity index (χ0n) is 6.54. The minimum Gasteiger partial charge on any atom is -0.453 e. The van der Waals surface area contributed by atoms with E-state index < -0.39 is 6.09 Å². The molecule has 1 N–H and O–H groups in total. The van der Waals surface area contributed by atoms with Crippen LogP contribution in [0.5, 0.6) is 0 Å². The highest BCUT2D eigenvalue weighted by Gasteiger charge is 2.10. The van der Waals surface area contributed by atoms with E-state index in [0.29, 0.717) is 0 Å². The van der Waals surface area contributed by atoms with Crippen LogP contribution in [0.4, 0.5) is 10.5 Å². The Morgan fingerprint density at radius 3 is 2.46 bits per heavy atom. The maximum absolute atomic E-state index is 10.8. The zero-order chi connectivity index (χ0) is 9.84. The quantitative estimate of drug-likeness (QED) is 0.737. The van der Waals surface area contributed by atoms with E-state index in [1.807, 2.05) is 0 Å². The number of anilines is 1. The summed E-state index contributed by atoms with van der Waals surface area (Å²) in [5, 5.41) is 2.40. The number of hydrogen-bond donors (Lipinski definition) is 1. The third-order valence-electron chi connectivity index (χ3n) is 1.17. The highest BCUT2D eigenvalue weighted by atomic mass is 35.5. The molecular formula is C6H5Cl2N3O2. The van der Waals surface area contributed by atoms with Gasteiger partial charge in [0.15, 0.2) is 10.3 Å². The highest BCUT2D eigenvalue weighted by molar-refractivity contribution is 6.38. The van der Waals surface area contributed by atoms with Crippen LogP contribution in [0.3, 0.4) is 0 Å². The molecule has 0 saturated heterocycles. The molecule has 70 valence electrons. The van der Waals surface area contributed by atoms with Gasteiger partial charge in [0, 0.05) is 0 Å². The van der Waals surface area contributed by atoms with Gasteiger partial charge in [0.25, 0.3) is 0 Å². The van der Waals surface area contributed by atoms with Gasteiger partial charge in [0.05, 0.1) is 7.11 Å². The van der Waals surface area contributed by atoms with Crippen molar-refractivity contribution in [1.29, 1.82) is 0 Å². The Morgan fingerprint density at radius 2 is 2.00 bits per heavy atom. The van der Waals surface area contributed by atoms with Crippen LogP contribution in [0, 0.1) is 0 Å². The van der Waals surface area contributed by atoms with Gasteiger partial charge in [-0.25, -0.2) is 14.8 Å². The molecule has 7 heteroatoms. The van der Waals surface area contributed by atoms with Gasteiger partial charge in [-0.2, -0.15) is 0 Å². The van der Waals surface area contributed by atoms with E-state index in [9.17, 15) is 4.79 Å². The fourth-order valence-corrected chi connectivity index (χ4v) is 1.01. The summed E-state index contributed by atoms with van der Waals surface area (Å²) >= 11 is 11.2. The summed E-state index contributed by atoms with van der Waals surface area (Å²) in [7, 11) is 1.22. The number of aromatic nitrogens is 2. The molecule has 0 saturated carbocycles. The summed E-state index contributed by atoms with van der Waals surface area (Å²) in [4.78, 5) is 18.0. The van der Waals surface area contributed by atoms with Crippen molar-refractivity contribution in [2.45, 2.75) is 0 Å². The lowest BCUT2D eigenvalue weighted by Gasteiger charge is -2.05. The molecule has 0 spiro atoms. The lowest BCUT2D eigenvalue weighted by molar-refractivity contribution is 0.187. The van der Waals surface area contributed by atoms with E-state index in [-0.39, 0.29) is 16.0 Å². The summed E-state index contributed by atoms with van der Waals surface area (Å²) in [6.07, 6.45) is 0.506. The van der Waals surface area contributed by atoms with E-state index in [1.54, 1.807) is 0 Å². The molecule has 0 radical (unpaired) electrons. The smallest absolute Gasteiger partial charge is 0.411 e. The Hall–Kier alpha value is -1.07. The molecule has 0 atom stereocenters. The van der Waals surface area contributed by atoms with E-state index in [4.69, 9.17) is 23.2 Å². The summed E-state index contributed by atoms with van der Waals surface area (Å²) in [5.74, 6) is 0. The molecule has 0 bridgehead atoms. The van der Waals surface area contributed by atoms with Gasteiger partial charge in [-0.3, -0.25) is 5.32 Å². The molecule has 1 aromatic heterocycles. The van der Waals surface area contributed by atoms with Gasteiger partial charge >= 0.3 is 6.09 Å². The minimum absolute atomic E-state index is 0.0606.